The summed E-state index contributed by atoms with van der Waals surface area (Å²) in [6, 6.07) is 9.50. The fourth-order valence-corrected chi connectivity index (χ4v) is 4.51. The number of nitrogens with one attached hydrogen (secondary N) is 1. The van der Waals surface area contributed by atoms with Crippen molar-refractivity contribution in [1.29, 1.82) is 0 Å². The van der Waals surface area contributed by atoms with E-state index in [1.54, 1.807) is 7.11 Å². The Morgan fingerprint density at radius 1 is 1.21 bits per heavy atom. The standard InChI is InChI=1S/C26H32N4O3/c1-18-20(13-14-24(31)27-16-15-19-9-5-4-6-10-19)26(32)30-25(29(18)2)17-22(28-30)21-11-7-8-12-23(21)33-3/h7-9,11-12,17H,4-6,10,13-16H2,1-3H3,(H,27,31). The number of ether oxygens (including phenoxy) is 1. The van der Waals surface area contributed by atoms with Crippen LogP contribution in [-0.2, 0) is 18.3 Å². The van der Waals surface area contributed by atoms with Crippen molar-refractivity contribution in [3.05, 3.63) is 63.6 Å². The number of para-hydroxylation sites is 1. The van der Waals surface area contributed by atoms with Crippen LogP contribution in [0.25, 0.3) is 16.9 Å². The maximum absolute atomic E-state index is 13.3. The van der Waals surface area contributed by atoms with Gasteiger partial charge in [0, 0.05) is 42.9 Å². The molecule has 1 aromatic carbocycles. The summed E-state index contributed by atoms with van der Waals surface area (Å²) in [6.07, 6.45) is 8.70. The summed E-state index contributed by atoms with van der Waals surface area (Å²) in [6.45, 7) is 2.57. The van der Waals surface area contributed by atoms with Crippen molar-refractivity contribution in [3.63, 3.8) is 0 Å². The van der Waals surface area contributed by atoms with Crippen LogP contribution >= 0.6 is 0 Å². The van der Waals surface area contributed by atoms with Gasteiger partial charge in [-0.2, -0.15) is 9.61 Å². The van der Waals surface area contributed by atoms with Crippen molar-refractivity contribution < 1.29 is 9.53 Å². The molecule has 0 spiro atoms. The van der Waals surface area contributed by atoms with Crippen molar-refractivity contribution in [3.8, 4) is 17.0 Å². The Kier molecular flexibility index (Phi) is 6.96. The van der Waals surface area contributed by atoms with Gasteiger partial charge in [-0.05, 0) is 57.6 Å². The number of benzene rings is 1. The van der Waals surface area contributed by atoms with E-state index in [9.17, 15) is 9.59 Å². The Balaban J connectivity index is 1.50. The molecular weight excluding hydrogens is 416 g/mol. The summed E-state index contributed by atoms with van der Waals surface area (Å²) >= 11 is 0. The number of carbonyl (C=O) groups excluding carboxylic acids is 1. The van der Waals surface area contributed by atoms with Crippen LogP contribution in [0.3, 0.4) is 0 Å². The van der Waals surface area contributed by atoms with Gasteiger partial charge in [-0.1, -0.05) is 23.8 Å². The van der Waals surface area contributed by atoms with Crippen LogP contribution in [0.5, 0.6) is 5.75 Å². The number of fused-ring (bicyclic) bond motifs is 1. The minimum atomic E-state index is -0.179. The van der Waals surface area contributed by atoms with Gasteiger partial charge >= 0.3 is 0 Å². The van der Waals surface area contributed by atoms with Gasteiger partial charge in [0.2, 0.25) is 5.91 Å². The molecule has 0 bridgehead atoms. The predicted molar refractivity (Wildman–Crippen MR) is 130 cm³/mol. The lowest BCUT2D eigenvalue weighted by molar-refractivity contribution is -0.121. The third-order valence-corrected chi connectivity index (χ3v) is 6.56. The molecule has 33 heavy (non-hydrogen) atoms. The normalized spacial score (nSPS) is 13.7. The van der Waals surface area contributed by atoms with E-state index in [4.69, 9.17) is 4.74 Å². The average molecular weight is 449 g/mol. The highest BCUT2D eigenvalue weighted by Crippen LogP contribution is 2.29. The smallest absolute Gasteiger partial charge is 0.277 e. The average Bonchev–Trinajstić information content (AvgIpc) is 3.29. The second-order valence-electron chi connectivity index (χ2n) is 8.64. The summed E-state index contributed by atoms with van der Waals surface area (Å²) in [5.74, 6) is 0.678. The van der Waals surface area contributed by atoms with E-state index in [1.807, 2.05) is 48.9 Å². The first-order valence-electron chi connectivity index (χ1n) is 11.7. The SMILES string of the molecule is COc1ccccc1-c1cc2n(C)c(C)c(CCC(=O)NCCC3=CCCCC3)c(=O)n2n1. The molecular formula is C26H32N4O3. The first-order chi connectivity index (χ1) is 16.0. The Bertz CT molecular complexity index is 1250. The van der Waals surface area contributed by atoms with E-state index in [2.05, 4.69) is 16.5 Å². The van der Waals surface area contributed by atoms with Crippen LogP contribution in [0.15, 0.2) is 46.8 Å². The summed E-state index contributed by atoms with van der Waals surface area (Å²) in [5, 5.41) is 7.58. The number of amides is 1. The molecule has 2 heterocycles. The van der Waals surface area contributed by atoms with E-state index in [0.29, 0.717) is 35.6 Å². The molecule has 2 aromatic heterocycles. The van der Waals surface area contributed by atoms with Crippen LogP contribution in [0, 0.1) is 6.92 Å². The minimum absolute atomic E-state index is 0.0249. The molecule has 0 fully saturated rings. The molecule has 4 rings (SSSR count). The van der Waals surface area contributed by atoms with Gasteiger partial charge in [0.05, 0.1) is 12.8 Å². The molecule has 0 atom stereocenters. The second-order valence-corrected chi connectivity index (χ2v) is 8.64. The molecule has 0 aliphatic heterocycles. The Hall–Kier alpha value is -3.35. The highest BCUT2D eigenvalue weighted by molar-refractivity contribution is 5.76. The summed E-state index contributed by atoms with van der Waals surface area (Å²) in [4.78, 5) is 25.7. The number of hydrogen-bond donors (Lipinski definition) is 1. The number of rotatable bonds is 8. The number of nitrogens with zero attached hydrogens (tertiary/aromatic N) is 3. The first-order valence-corrected chi connectivity index (χ1v) is 11.7. The summed E-state index contributed by atoms with van der Waals surface area (Å²) < 4.78 is 8.84. The maximum atomic E-state index is 13.3. The third-order valence-electron chi connectivity index (χ3n) is 6.56. The van der Waals surface area contributed by atoms with Gasteiger partial charge in [-0.15, -0.1) is 0 Å². The zero-order valence-electron chi connectivity index (χ0n) is 19.7. The highest BCUT2D eigenvalue weighted by Gasteiger charge is 2.18. The van der Waals surface area contributed by atoms with Gasteiger partial charge in [0.1, 0.15) is 11.4 Å². The van der Waals surface area contributed by atoms with Gasteiger partial charge in [-0.3, -0.25) is 9.59 Å². The third kappa shape index (κ3) is 4.87. The van der Waals surface area contributed by atoms with E-state index < -0.39 is 0 Å². The summed E-state index contributed by atoms with van der Waals surface area (Å²) in [5.41, 5.74) is 4.93. The number of hydrogen-bond acceptors (Lipinski definition) is 4. The lowest BCUT2D eigenvalue weighted by atomic mass is 9.97. The molecule has 7 nitrogen and oxygen atoms in total. The fourth-order valence-electron chi connectivity index (χ4n) is 4.51. The second kappa shape index (κ2) is 10.1. The molecule has 3 aromatic rings. The van der Waals surface area contributed by atoms with E-state index in [-0.39, 0.29) is 17.9 Å². The topological polar surface area (TPSA) is 77.6 Å². The van der Waals surface area contributed by atoms with Gasteiger partial charge in [-0.25, -0.2) is 0 Å². The van der Waals surface area contributed by atoms with Crippen molar-refractivity contribution in [2.45, 2.75) is 51.9 Å². The largest absolute Gasteiger partial charge is 0.496 e. The molecule has 0 saturated heterocycles. The summed E-state index contributed by atoms with van der Waals surface area (Å²) in [7, 11) is 3.53. The lowest BCUT2D eigenvalue weighted by Crippen LogP contribution is -2.28. The fraction of sp³-hybridized carbons (Fsp3) is 0.423. The van der Waals surface area contributed by atoms with Crippen LogP contribution in [-0.4, -0.2) is 33.7 Å². The van der Waals surface area contributed by atoms with Crippen LogP contribution in [0.4, 0.5) is 0 Å². The van der Waals surface area contributed by atoms with Crippen LogP contribution < -0.4 is 15.6 Å². The van der Waals surface area contributed by atoms with E-state index in [0.717, 1.165) is 30.5 Å². The van der Waals surface area contributed by atoms with Crippen LogP contribution in [0.1, 0.15) is 49.8 Å². The Morgan fingerprint density at radius 2 is 2.03 bits per heavy atom. The zero-order valence-corrected chi connectivity index (χ0v) is 19.7. The van der Waals surface area contributed by atoms with Gasteiger partial charge in [0.15, 0.2) is 0 Å². The number of aromatic nitrogens is 3. The zero-order chi connectivity index (χ0) is 23.4. The molecule has 1 amide bonds. The quantitative estimate of drug-likeness (QED) is 0.529. The highest BCUT2D eigenvalue weighted by atomic mass is 16.5. The van der Waals surface area contributed by atoms with Gasteiger partial charge < -0.3 is 14.6 Å². The van der Waals surface area contributed by atoms with Crippen LogP contribution in [0.2, 0.25) is 0 Å². The maximum Gasteiger partial charge on any atom is 0.277 e. The molecule has 1 aliphatic carbocycles. The minimum Gasteiger partial charge on any atom is -0.496 e. The van der Waals surface area contributed by atoms with Crippen molar-refractivity contribution in [2.75, 3.05) is 13.7 Å². The van der Waals surface area contributed by atoms with Gasteiger partial charge in [0.25, 0.3) is 5.56 Å². The molecule has 0 radical (unpaired) electrons. The Morgan fingerprint density at radius 3 is 2.79 bits per heavy atom. The van der Waals surface area contributed by atoms with Crippen molar-refractivity contribution in [2.24, 2.45) is 7.05 Å². The number of methoxy groups -OCH3 is 1. The first kappa shape index (κ1) is 22.8. The van der Waals surface area contributed by atoms with E-state index in [1.165, 1.54) is 22.9 Å². The monoisotopic (exact) mass is 448 g/mol. The van der Waals surface area contributed by atoms with Crippen molar-refractivity contribution in [1.82, 2.24) is 19.5 Å². The Labute approximate surface area is 194 Å². The molecule has 0 saturated carbocycles. The lowest BCUT2D eigenvalue weighted by Gasteiger charge is -2.14. The molecule has 174 valence electrons. The van der Waals surface area contributed by atoms with E-state index >= 15 is 0 Å². The number of aryl methyl sites for hydroxylation is 1. The number of carbonyl (C=O) groups is 1. The predicted octanol–water partition coefficient (Wildman–Crippen LogP) is 3.96. The number of allylic oxidation sites excluding steroid dienone is 1. The molecule has 1 N–H and O–H groups in total. The molecule has 0 unspecified atom stereocenters. The molecule has 7 heteroatoms. The van der Waals surface area contributed by atoms with Crippen molar-refractivity contribution >= 4 is 11.6 Å². The molecule has 1 aliphatic rings.